The predicted molar refractivity (Wildman–Crippen MR) is 90.6 cm³/mol. The lowest BCUT2D eigenvalue weighted by atomic mass is 10.0. The molecule has 24 heavy (non-hydrogen) atoms. The molecule has 3 rings (SSSR count). The maximum absolute atomic E-state index is 12.8. The lowest BCUT2D eigenvalue weighted by molar-refractivity contribution is 0.0940. The zero-order valence-corrected chi connectivity index (χ0v) is 13.7. The van der Waals surface area contributed by atoms with Gasteiger partial charge in [0.1, 0.15) is 11.3 Å². The molecule has 2 heterocycles. The normalized spacial score (nSPS) is 11.9. The van der Waals surface area contributed by atoms with Crippen LogP contribution in [0.2, 0.25) is 0 Å². The Bertz CT molecular complexity index is 774. The highest BCUT2D eigenvalue weighted by molar-refractivity contribution is 5.96. The van der Waals surface area contributed by atoms with Crippen LogP contribution in [0.3, 0.4) is 0 Å². The third-order valence-electron chi connectivity index (χ3n) is 3.89. The second-order valence-corrected chi connectivity index (χ2v) is 5.49. The molecule has 1 aromatic carbocycles. The van der Waals surface area contributed by atoms with Crippen LogP contribution in [0.4, 0.5) is 0 Å². The Morgan fingerprint density at radius 2 is 1.92 bits per heavy atom. The third-order valence-corrected chi connectivity index (χ3v) is 3.89. The van der Waals surface area contributed by atoms with Crippen molar-refractivity contribution in [1.29, 1.82) is 0 Å². The molecule has 0 spiro atoms. The van der Waals surface area contributed by atoms with Gasteiger partial charge in [0.2, 0.25) is 0 Å². The second-order valence-electron chi connectivity index (χ2n) is 5.49. The van der Waals surface area contributed by atoms with E-state index in [0.29, 0.717) is 23.4 Å². The van der Waals surface area contributed by atoms with E-state index in [2.05, 4.69) is 15.5 Å². The van der Waals surface area contributed by atoms with Gasteiger partial charge in [-0.1, -0.05) is 48.5 Å². The fourth-order valence-electron chi connectivity index (χ4n) is 2.67. The Balaban J connectivity index is 1.95. The number of amides is 1. The summed E-state index contributed by atoms with van der Waals surface area (Å²) in [6, 6.07) is 15.1. The highest BCUT2D eigenvalue weighted by Crippen LogP contribution is 2.22. The Morgan fingerprint density at radius 3 is 2.58 bits per heavy atom. The number of benzene rings is 1. The van der Waals surface area contributed by atoms with Crippen LogP contribution in [0.15, 0.2) is 59.3 Å². The Hall–Kier alpha value is -2.95. The van der Waals surface area contributed by atoms with E-state index in [1.165, 1.54) is 0 Å². The van der Waals surface area contributed by atoms with Crippen molar-refractivity contribution in [3.63, 3.8) is 0 Å². The molecule has 0 saturated heterocycles. The summed E-state index contributed by atoms with van der Waals surface area (Å²) in [5, 5.41) is 7.02. The van der Waals surface area contributed by atoms with Crippen LogP contribution >= 0.6 is 0 Å². The van der Waals surface area contributed by atoms with Gasteiger partial charge in [-0.3, -0.25) is 9.78 Å². The first-order valence-corrected chi connectivity index (χ1v) is 7.92. The average molecular weight is 321 g/mol. The van der Waals surface area contributed by atoms with Gasteiger partial charge in [-0.2, -0.15) is 0 Å². The maximum atomic E-state index is 12.8. The molecule has 0 aliphatic heterocycles. The quantitative estimate of drug-likeness (QED) is 0.781. The molecule has 5 heteroatoms. The SMILES string of the molecule is CCc1noc(C)c1C(=O)N[C@H](c1ccccc1)c1ccccn1. The molecule has 0 radical (unpaired) electrons. The van der Waals surface area contributed by atoms with E-state index in [1.807, 2.05) is 55.5 Å². The summed E-state index contributed by atoms with van der Waals surface area (Å²) >= 11 is 0. The number of aryl methyl sites for hydroxylation is 2. The van der Waals surface area contributed by atoms with Crippen LogP contribution in [0.5, 0.6) is 0 Å². The van der Waals surface area contributed by atoms with Crippen molar-refractivity contribution in [1.82, 2.24) is 15.5 Å². The van der Waals surface area contributed by atoms with Crippen molar-refractivity contribution in [2.75, 3.05) is 0 Å². The zero-order chi connectivity index (χ0) is 16.9. The van der Waals surface area contributed by atoms with Gasteiger partial charge in [0.15, 0.2) is 0 Å². The van der Waals surface area contributed by atoms with E-state index in [0.717, 1.165) is 11.3 Å². The number of aromatic nitrogens is 2. The van der Waals surface area contributed by atoms with Gasteiger partial charge < -0.3 is 9.84 Å². The van der Waals surface area contributed by atoms with Gasteiger partial charge in [0.25, 0.3) is 5.91 Å². The molecule has 0 unspecified atom stereocenters. The summed E-state index contributed by atoms with van der Waals surface area (Å²) in [6.07, 6.45) is 2.36. The van der Waals surface area contributed by atoms with E-state index >= 15 is 0 Å². The number of nitrogens with zero attached hydrogens (tertiary/aromatic N) is 2. The third kappa shape index (κ3) is 3.20. The number of pyridine rings is 1. The highest BCUT2D eigenvalue weighted by Gasteiger charge is 2.24. The van der Waals surface area contributed by atoms with E-state index in [-0.39, 0.29) is 11.9 Å². The van der Waals surface area contributed by atoms with Gasteiger partial charge in [0.05, 0.1) is 17.4 Å². The molecule has 5 nitrogen and oxygen atoms in total. The van der Waals surface area contributed by atoms with E-state index < -0.39 is 0 Å². The molecule has 0 bridgehead atoms. The van der Waals surface area contributed by atoms with Crippen LogP contribution in [0.25, 0.3) is 0 Å². The molecule has 1 N–H and O–H groups in total. The Kier molecular flexibility index (Phi) is 4.70. The molecular formula is C19H19N3O2. The first-order valence-electron chi connectivity index (χ1n) is 7.92. The van der Waals surface area contributed by atoms with Gasteiger partial charge in [0, 0.05) is 6.20 Å². The lowest BCUT2D eigenvalue weighted by Gasteiger charge is -2.19. The summed E-state index contributed by atoms with van der Waals surface area (Å²) in [5.41, 5.74) is 2.92. The standard InChI is InChI=1S/C19H19N3O2/c1-3-15-17(13(2)24-22-15)19(23)21-18(14-9-5-4-6-10-14)16-11-7-8-12-20-16/h4-12,18H,3H2,1-2H3,(H,21,23)/t18-/m1/s1. The van der Waals surface area contributed by atoms with Gasteiger partial charge >= 0.3 is 0 Å². The van der Waals surface area contributed by atoms with Gasteiger partial charge in [-0.25, -0.2) is 0 Å². The van der Waals surface area contributed by atoms with Crippen LogP contribution < -0.4 is 5.32 Å². The number of nitrogens with one attached hydrogen (secondary N) is 1. The average Bonchev–Trinajstić information content (AvgIpc) is 3.02. The van der Waals surface area contributed by atoms with E-state index in [9.17, 15) is 4.79 Å². The highest BCUT2D eigenvalue weighted by atomic mass is 16.5. The van der Waals surface area contributed by atoms with Crippen molar-refractivity contribution in [2.24, 2.45) is 0 Å². The number of hydrogen-bond acceptors (Lipinski definition) is 4. The molecule has 0 aliphatic rings. The van der Waals surface area contributed by atoms with Crippen molar-refractivity contribution in [3.05, 3.63) is 83.0 Å². The molecular weight excluding hydrogens is 302 g/mol. The number of rotatable bonds is 5. The van der Waals surface area contributed by atoms with E-state index in [4.69, 9.17) is 4.52 Å². The smallest absolute Gasteiger partial charge is 0.257 e. The largest absolute Gasteiger partial charge is 0.361 e. The minimum absolute atomic E-state index is 0.204. The second kappa shape index (κ2) is 7.08. The number of hydrogen-bond donors (Lipinski definition) is 1. The first kappa shape index (κ1) is 15.9. The lowest BCUT2D eigenvalue weighted by Crippen LogP contribution is -2.30. The molecule has 0 fully saturated rings. The van der Waals surface area contributed by atoms with Crippen LogP contribution in [-0.4, -0.2) is 16.0 Å². The Morgan fingerprint density at radius 1 is 1.17 bits per heavy atom. The summed E-state index contributed by atoms with van der Waals surface area (Å²) < 4.78 is 5.17. The minimum Gasteiger partial charge on any atom is -0.361 e. The summed E-state index contributed by atoms with van der Waals surface area (Å²) in [7, 11) is 0. The summed E-state index contributed by atoms with van der Waals surface area (Å²) in [4.78, 5) is 17.2. The molecule has 0 aliphatic carbocycles. The van der Waals surface area contributed by atoms with Gasteiger partial charge in [-0.15, -0.1) is 0 Å². The molecule has 0 saturated carbocycles. The molecule has 3 aromatic rings. The fourth-order valence-corrected chi connectivity index (χ4v) is 2.67. The van der Waals surface area contributed by atoms with Crippen molar-refractivity contribution < 1.29 is 9.32 Å². The molecule has 122 valence electrons. The van der Waals surface area contributed by atoms with Gasteiger partial charge in [-0.05, 0) is 31.0 Å². The predicted octanol–water partition coefficient (Wildman–Crippen LogP) is 3.46. The first-order chi connectivity index (χ1) is 11.7. The van der Waals surface area contributed by atoms with Crippen LogP contribution in [-0.2, 0) is 6.42 Å². The fraction of sp³-hybridized carbons (Fsp3) is 0.211. The molecule has 1 amide bonds. The zero-order valence-electron chi connectivity index (χ0n) is 13.7. The minimum atomic E-state index is -0.334. The molecule has 2 aromatic heterocycles. The van der Waals surface area contributed by atoms with Crippen LogP contribution in [0, 0.1) is 6.92 Å². The number of carbonyl (C=O) groups excluding carboxylic acids is 1. The Labute approximate surface area is 140 Å². The van der Waals surface area contributed by atoms with Crippen LogP contribution in [0.1, 0.15) is 46.0 Å². The summed E-state index contributed by atoms with van der Waals surface area (Å²) in [5.74, 6) is 0.322. The summed E-state index contributed by atoms with van der Waals surface area (Å²) in [6.45, 7) is 3.70. The molecule has 1 atom stereocenters. The monoisotopic (exact) mass is 321 g/mol. The van der Waals surface area contributed by atoms with Crippen molar-refractivity contribution in [2.45, 2.75) is 26.3 Å². The van der Waals surface area contributed by atoms with E-state index in [1.54, 1.807) is 13.1 Å². The topological polar surface area (TPSA) is 68.0 Å². The van der Waals surface area contributed by atoms with Crippen molar-refractivity contribution >= 4 is 5.91 Å². The van der Waals surface area contributed by atoms with Crippen molar-refractivity contribution in [3.8, 4) is 0 Å². The maximum Gasteiger partial charge on any atom is 0.257 e. The number of carbonyl (C=O) groups is 1.